The van der Waals surface area contributed by atoms with E-state index < -0.39 is 10.1 Å². The molecule has 0 aliphatic rings. The average molecular weight is 308 g/mol. The largest absolute Gasteiger partial charge is 0.294 e. The molecule has 0 aliphatic carbocycles. The summed E-state index contributed by atoms with van der Waals surface area (Å²) in [6.07, 6.45) is 0. The van der Waals surface area contributed by atoms with E-state index in [1.165, 1.54) is 12.1 Å². The van der Waals surface area contributed by atoms with Gasteiger partial charge in [0.15, 0.2) is 0 Å². The summed E-state index contributed by atoms with van der Waals surface area (Å²) in [5.41, 5.74) is 0. The highest BCUT2D eigenvalue weighted by molar-refractivity contribution is 7.85. The van der Waals surface area contributed by atoms with E-state index in [2.05, 4.69) is 12.1 Å². The van der Waals surface area contributed by atoms with E-state index in [1.54, 1.807) is 6.07 Å². The van der Waals surface area contributed by atoms with Crippen LogP contribution in [0, 0.1) is 0 Å². The number of fused-ring (bicyclic) bond motifs is 4. The van der Waals surface area contributed by atoms with E-state index in [1.807, 2.05) is 36.4 Å². The second kappa shape index (κ2) is 4.53. The van der Waals surface area contributed by atoms with E-state index in [9.17, 15) is 13.0 Å². The van der Waals surface area contributed by atoms with E-state index in [-0.39, 0.29) is 4.90 Å². The van der Waals surface area contributed by atoms with Crippen LogP contribution in [0.3, 0.4) is 0 Å². The first-order valence-electron chi connectivity index (χ1n) is 6.85. The normalized spacial score (nSPS) is 12.2. The lowest BCUT2D eigenvalue weighted by Crippen LogP contribution is -1.97. The van der Waals surface area contributed by atoms with Gasteiger partial charge >= 0.3 is 0 Å². The maximum atomic E-state index is 11.4. The van der Waals surface area contributed by atoms with E-state index in [0.717, 1.165) is 32.3 Å². The van der Waals surface area contributed by atoms with Crippen molar-refractivity contribution < 1.29 is 13.0 Å². The lowest BCUT2D eigenvalue weighted by molar-refractivity contribution is 0.483. The van der Waals surface area contributed by atoms with Gasteiger partial charge in [-0.25, -0.2) is 0 Å². The first kappa shape index (κ1) is 13.2. The van der Waals surface area contributed by atoms with E-state index >= 15 is 0 Å². The summed E-state index contributed by atoms with van der Waals surface area (Å²) in [6, 6.07) is 20.8. The molecule has 0 radical (unpaired) electrons. The van der Waals surface area contributed by atoms with Crippen LogP contribution >= 0.6 is 0 Å². The zero-order valence-electron chi connectivity index (χ0n) is 11.5. The van der Waals surface area contributed by atoms with Crippen molar-refractivity contribution in [1.29, 1.82) is 0 Å². The Morgan fingerprint density at radius 1 is 0.636 bits per heavy atom. The molecule has 4 heteroatoms. The Hall–Kier alpha value is -2.43. The van der Waals surface area contributed by atoms with Crippen molar-refractivity contribution >= 4 is 42.4 Å². The van der Waals surface area contributed by atoms with Crippen molar-refractivity contribution in [3.8, 4) is 0 Å². The zero-order valence-corrected chi connectivity index (χ0v) is 12.3. The maximum absolute atomic E-state index is 11.4. The van der Waals surface area contributed by atoms with Crippen LogP contribution in [0.1, 0.15) is 0 Å². The monoisotopic (exact) mass is 308 g/mol. The molecule has 0 amide bonds. The molecule has 22 heavy (non-hydrogen) atoms. The van der Waals surface area contributed by atoms with Gasteiger partial charge in [0.1, 0.15) is 0 Å². The van der Waals surface area contributed by atoms with Crippen LogP contribution < -0.4 is 0 Å². The summed E-state index contributed by atoms with van der Waals surface area (Å²) in [5, 5.41) is 6.01. The standard InChI is InChI=1S/C18H12O3S/c19-22(20,21)16-8-7-12-5-6-15-9-13-3-1-2-4-14(13)10-17(15)18(12)11-16/h1-11H,(H,19,20,21). The van der Waals surface area contributed by atoms with Gasteiger partial charge in [-0.05, 0) is 56.6 Å². The molecule has 0 aliphatic heterocycles. The third-order valence-electron chi connectivity index (χ3n) is 3.97. The fourth-order valence-electron chi connectivity index (χ4n) is 2.88. The van der Waals surface area contributed by atoms with Gasteiger partial charge in [-0.2, -0.15) is 8.42 Å². The third kappa shape index (κ3) is 2.04. The van der Waals surface area contributed by atoms with Gasteiger partial charge in [0.05, 0.1) is 4.90 Å². The molecule has 0 saturated heterocycles. The predicted octanol–water partition coefficient (Wildman–Crippen LogP) is 4.39. The summed E-state index contributed by atoms with van der Waals surface area (Å²) < 4.78 is 32.0. The van der Waals surface area contributed by atoms with Gasteiger partial charge in [-0.15, -0.1) is 0 Å². The number of hydrogen-bond donors (Lipinski definition) is 1. The lowest BCUT2D eigenvalue weighted by atomic mass is 9.98. The maximum Gasteiger partial charge on any atom is 0.294 e. The first-order chi connectivity index (χ1) is 10.5. The first-order valence-corrected chi connectivity index (χ1v) is 8.29. The molecule has 4 rings (SSSR count). The smallest absolute Gasteiger partial charge is 0.282 e. The highest BCUT2D eigenvalue weighted by atomic mass is 32.2. The molecule has 0 saturated carbocycles. The minimum absolute atomic E-state index is 0.0827. The predicted molar refractivity (Wildman–Crippen MR) is 88.8 cm³/mol. The van der Waals surface area contributed by atoms with Crippen LogP contribution in [0.5, 0.6) is 0 Å². The highest BCUT2D eigenvalue weighted by Crippen LogP contribution is 2.30. The van der Waals surface area contributed by atoms with Crippen molar-refractivity contribution in [2.45, 2.75) is 4.90 Å². The van der Waals surface area contributed by atoms with Crippen LogP contribution in [0.4, 0.5) is 0 Å². The Kier molecular flexibility index (Phi) is 2.73. The molecule has 0 spiro atoms. The Balaban J connectivity index is 2.18. The van der Waals surface area contributed by atoms with Crippen LogP contribution in [-0.4, -0.2) is 13.0 Å². The molecule has 0 heterocycles. The fourth-order valence-corrected chi connectivity index (χ4v) is 3.39. The van der Waals surface area contributed by atoms with Crippen LogP contribution in [0.25, 0.3) is 32.3 Å². The van der Waals surface area contributed by atoms with Gasteiger partial charge in [0, 0.05) is 0 Å². The summed E-state index contributed by atoms with van der Waals surface area (Å²) in [7, 11) is -4.21. The molecule has 0 atom stereocenters. The lowest BCUT2D eigenvalue weighted by Gasteiger charge is -2.07. The quantitative estimate of drug-likeness (QED) is 0.322. The molecule has 0 unspecified atom stereocenters. The Morgan fingerprint density at radius 2 is 1.23 bits per heavy atom. The van der Waals surface area contributed by atoms with Crippen LogP contribution in [-0.2, 0) is 10.1 Å². The van der Waals surface area contributed by atoms with Gasteiger partial charge in [0.2, 0.25) is 0 Å². The summed E-state index contributed by atoms with van der Waals surface area (Å²) >= 11 is 0. The molecule has 1 N–H and O–H groups in total. The number of rotatable bonds is 1. The third-order valence-corrected chi connectivity index (χ3v) is 4.82. The Morgan fingerprint density at radius 3 is 1.95 bits per heavy atom. The van der Waals surface area contributed by atoms with Gasteiger partial charge in [-0.1, -0.05) is 42.5 Å². The SMILES string of the molecule is O=S(=O)(O)c1ccc2ccc3cc4ccccc4cc3c2c1. The van der Waals surface area contributed by atoms with Gasteiger partial charge in [-0.3, -0.25) is 4.55 Å². The summed E-state index contributed by atoms with van der Waals surface area (Å²) in [4.78, 5) is -0.0827. The van der Waals surface area contributed by atoms with Gasteiger partial charge in [0.25, 0.3) is 10.1 Å². The van der Waals surface area contributed by atoms with Crippen molar-refractivity contribution in [2.75, 3.05) is 0 Å². The zero-order chi connectivity index (χ0) is 15.3. The van der Waals surface area contributed by atoms with Crippen LogP contribution in [0.2, 0.25) is 0 Å². The minimum atomic E-state index is -4.21. The van der Waals surface area contributed by atoms with E-state index in [0.29, 0.717) is 0 Å². The average Bonchev–Trinajstić information content (AvgIpc) is 2.51. The summed E-state index contributed by atoms with van der Waals surface area (Å²) in [6.45, 7) is 0. The second-order valence-electron chi connectivity index (χ2n) is 5.34. The molecule has 0 fully saturated rings. The van der Waals surface area contributed by atoms with Gasteiger partial charge < -0.3 is 0 Å². The molecule has 0 bridgehead atoms. The minimum Gasteiger partial charge on any atom is -0.282 e. The molecule has 4 aromatic rings. The number of benzene rings is 4. The van der Waals surface area contributed by atoms with E-state index in [4.69, 9.17) is 0 Å². The topological polar surface area (TPSA) is 54.4 Å². The fraction of sp³-hybridized carbons (Fsp3) is 0. The molecule has 0 aromatic heterocycles. The second-order valence-corrected chi connectivity index (χ2v) is 6.77. The summed E-state index contributed by atoms with van der Waals surface area (Å²) in [5.74, 6) is 0. The Bertz CT molecular complexity index is 1140. The molecule has 4 aromatic carbocycles. The molecule has 3 nitrogen and oxygen atoms in total. The molecular formula is C18H12O3S. The van der Waals surface area contributed by atoms with Crippen molar-refractivity contribution in [1.82, 2.24) is 0 Å². The van der Waals surface area contributed by atoms with Crippen molar-refractivity contribution in [2.24, 2.45) is 0 Å². The Labute approximate surface area is 127 Å². The molecular weight excluding hydrogens is 296 g/mol. The van der Waals surface area contributed by atoms with Crippen molar-refractivity contribution in [3.63, 3.8) is 0 Å². The van der Waals surface area contributed by atoms with Crippen molar-refractivity contribution in [3.05, 3.63) is 66.7 Å². The molecule has 108 valence electrons. The highest BCUT2D eigenvalue weighted by Gasteiger charge is 2.11. The van der Waals surface area contributed by atoms with Crippen LogP contribution in [0.15, 0.2) is 71.6 Å². The number of hydrogen-bond acceptors (Lipinski definition) is 2.